The summed E-state index contributed by atoms with van der Waals surface area (Å²) in [6, 6.07) is 9.32. The van der Waals surface area contributed by atoms with Crippen LogP contribution in [-0.2, 0) is 11.2 Å². The van der Waals surface area contributed by atoms with Gasteiger partial charge in [0.15, 0.2) is 11.5 Å². The Morgan fingerprint density at radius 2 is 1.97 bits per heavy atom. The summed E-state index contributed by atoms with van der Waals surface area (Å²) >= 11 is 6.67. The van der Waals surface area contributed by atoms with Crippen LogP contribution in [0, 0.1) is 6.92 Å². The van der Waals surface area contributed by atoms with Crippen LogP contribution in [0.1, 0.15) is 16.7 Å². The number of fused-ring (bicyclic) bond motifs is 1. The van der Waals surface area contributed by atoms with Gasteiger partial charge >= 0.3 is 0 Å². The number of carbonyl (C=O) groups excluding carboxylic acids is 1. The van der Waals surface area contributed by atoms with Crippen LogP contribution < -0.4 is 20.3 Å². The highest BCUT2D eigenvalue weighted by molar-refractivity contribution is 8.26. The van der Waals surface area contributed by atoms with Gasteiger partial charge in [-0.15, -0.1) is 6.58 Å². The maximum atomic E-state index is 13.4. The fourth-order valence-corrected chi connectivity index (χ4v) is 5.14. The summed E-state index contributed by atoms with van der Waals surface area (Å²) in [4.78, 5) is 33.2. The summed E-state index contributed by atoms with van der Waals surface area (Å²) in [7, 11) is 3.17. The van der Waals surface area contributed by atoms with Gasteiger partial charge in [-0.1, -0.05) is 42.2 Å². The van der Waals surface area contributed by atoms with Gasteiger partial charge in [0.25, 0.3) is 11.5 Å². The van der Waals surface area contributed by atoms with Crippen LogP contribution in [0.4, 0.5) is 5.82 Å². The predicted octanol–water partition coefficient (Wildman–Crippen LogP) is 4.06. The van der Waals surface area contributed by atoms with Gasteiger partial charge in [-0.2, -0.15) is 0 Å². The molecule has 3 aromatic rings. The van der Waals surface area contributed by atoms with Crippen molar-refractivity contribution in [3.8, 4) is 11.5 Å². The van der Waals surface area contributed by atoms with Gasteiger partial charge in [-0.3, -0.25) is 18.9 Å². The number of aryl methyl sites for hydroxylation is 1. The van der Waals surface area contributed by atoms with Crippen molar-refractivity contribution in [2.45, 2.75) is 13.3 Å². The third-order valence-electron chi connectivity index (χ3n) is 5.72. The second-order valence-corrected chi connectivity index (χ2v) is 9.68. The number of hydrogen-bond acceptors (Lipinski definition) is 8. The van der Waals surface area contributed by atoms with E-state index in [4.69, 9.17) is 21.7 Å². The number of rotatable bonds is 9. The second kappa shape index (κ2) is 11.0. The predicted molar refractivity (Wildman–Crippen MR) is 148 cm³/mol. The Balaban J connectivity index is 1.63. The van der Waals surface area contributed by atoms with Crippen LogP contribution in [-0.4, -0.2) is 51.8 Å². The molecule has 0 saturated carbocycles. The molecule has 3 heterocycles. The number of pyridine rings is 1. The van der Waals surface area contributed by atoms with Gasteiger partial charge in [0.2, 0.25) is 0 Å². The highest BCUT2D eigenvalue weighted by atomic mass is 32.2. The Kier molecular flexibility index (Phi) is 7.76. The first-order valence-corrected chi connectivity index (χ1v) is 12.4. The molecule has 4 rings (SSSR count). The molecule has 1 aromatic carbocycles. The third kappa shape index (κ3) is 5.00. The molecule has 186 valence electrons. The number of thiocarbonyl (C=S) groups is 1. The van der Waals surface area contributed by atoms with Gasteiger partial charge in [0, 0.05) is 19.3 Å². The zero-order chi connectivity index (χ0) is 25.8. The average molecular weight is 523 g/mol. The lowest BCUT2D eigenvalue weighted by molar-refractivity contribution is -0.122. The van der Waals surface area contributed by atoms with E-state index in [0.29, 0.717) is 57.3 Å². The van der Waals surface area contributed by atoms with E-state index in [1.807, 2.05) is 31.2 Å². The molecule has 10 heteroatoms. The molecule has 2 aromatic heterocycles. The van der Waals surface area contributed by atoms with Gasteiger partial charge in [-0.05, 0) is 48.7 Å². The number of nitrogens with one attached hydrogen (secondary N) is 1. The summed E-state index contributed by atoms with van der Waals surface area (Å²) in [6.07, 6.45) is 5.50. The van der Waals surface area contributed by atoms with E-state index >= 15 is 0 Å². The van der Waals surface area contributed by atoms with E-state index in [2.05, 4.69) is 16.9 Å². The van der Waals surface area contributed by atoms with Crippen molar-refractivity contribution in [1.29, 1.82) is 0 Å². The molecule has 0 bridgehead atoms. The van der Waals surface area contributed by atoms with Gasteiger partial charge in [0.1, 0.15) is 15.8 Å². The molecule has 1 aliphatic heterocycles. The number of carbonyl (C=O) groups is 1. The molecule has 0 spiro atoms. The molecule has 1 fully saturated rings. The summed E-state index contributed by atoms with van der Waals surface area (Å²) in [5.74, 6) is 1.42. The average Bonchev–Trinajstić information content (AvgIpc) is 3.15. The SMILES string of the molecule is C=CCNc1nc2c(C)cccn2c(=O)c1C=C1SC(=S)N(CCc2ccc(OC)c(OC)c2)C1=O. The van der Waals surface area contributed by atoms with Gasteiger partial charge in [-0.25, -0.2) is 4.98 Å². The number of methoxy groups -OCH3 is 2. The fourth-order valence-electron chi connectivity index (χ4n) is 3.85. The molecule has 8 nitrogen and oxygen atoms in total. The van der Waals surface area contributed by atoms with Crippen LogP contribution in [0.2, 0.25) is 0 Å². The molecule has 1 saturated heterocycles. The Hall–Kier alpha value is -3.63. The van der Waals surface area contributed by atoms with Crippen molar-refractivity contribution >= 4 is 51.7 Å². The van der Waals surface area contributed by atoms with Crippen molar-refractivity contribution in [2.75, 3.05) is 32.6 Å². The minimum atomic E-state index is -0.272. The summed E-state index contributed by atoms with van der Waals surface area (Å²) in [6.45, 7) is 6.43. The molecule has 1 aliphatic rings. The maximum absolute atomic E-state index is 13.4. The lowest BCUT2D eigenvalue weighted by atomic mass is 10.1. The first-order valence-electron chi connectivity index (χ1n) is 11.2. The van der Waals surface area contributed by atoms with Crippen LogP contribution >= 0.6 is 24.0 Å². The van der Waals surface area contributed by atoms with Gasteiger partial charge < -0.3 is 14.8 Å². The minimum Gasteiger partial charge on any atom is -0.493 e. The highest BCUT2D eigenvalue weighted by Gasteiger charge is 2.32. The van der Waals surface area contributed by atoms with Crippen LogP contribution in [0.5, 0.6) is 11.5 Å². The summed E-state index contributed by atoms with van der Waals surface area (Å²) in [5.41, 5.74) is 2.41. The monoisotopic (exact) mass is 522 g/mol. The number of benzene rings is 1. The van der Waals surface area contributed by atoms with Crippen molar-refractivity contribution in [2.24, 2.45) is 0 Å². The Bertz CT molecular complexity index is 1450. The number of aromatic nitrogens is 2. The summed E-state index contributed by atoms with van der Waals surface area (Å²) < 4.78 is 12.6. The number of amides is 1. The van der Waals surface area contributed by atoms with E-state index < -0.39 is 0 Å². The Morgan fingerprint density at radius 1 is 1.19 bits per heavy atom. The smallest absolute Gasteiger partial charge is 0.267 e. The highest BCUT2D eigenvalue weighted by Crippen LogP contribution is 2.34. The van der Waals surface area contributed by atoms with Gasteiger partial charge in [0.05, 0.1) is 24.7 Å². The Labute approximate surface area is 218 Å². The molecule has 0 radical (unpaired) electrons. The molecular formula is C26H26N4O4S2. The lowest BCUT2D eigenvalue weighted by Crippen LogP contribution is -2.30. The number of anilines is 1. The van der Waals surface area contributed by atoms with E-state index in [-0.39, 0.29) is 11.5 Å². The van der Waals surface area contributed by atoms with Crippen molar-refractivity contribution in [3.05, 3.63) is 81.1 Å². The molecule has 1 amide bonds. The van der Waals surface area contributed by atoms with Crippen LogP contribution in [0.15, 0.2) is 58.9 Å². The van der Waals surface area contributed by atoms with E-state index in [1.54, 1.807) is 43.5 Å². The third-order valence-corrected chi connectivity index (χ3v) is 7.10. The maximum Gasteiger partial charge on any atom is 0.267 e. The summed E-state index contributed by atoms with van der Waals surface area (Å²) in [5, 5.41) is 3.12. The molecule has 1 N–H and O–H groups in total. The topological polar surface area (TPSA) is 85.2 Å². The molecule has 0 unspecified atom stereocenters. The van der Waals surface area contributed by atoms with Crippen molar-refractivity contribution in [1.82, 2.24) is 14.3 Å². The molecule has 36 heavy (non-hydrogen) atoms. The van der Waals surface area contributed by atoms with E-state index in [9.17, 15) is 9.59 Å². The van der Waals surface area contributed by atoms with Crippen molar-refractivity contribution < 1.29 is 14.3 Å². The number of ether oxygens (including phenoxy) is 2. The Morgan fingerprint density at radius 3 is 2.69 bits per heavy atom. The number of hydrogen-bond donors (Lipinski definition) is 1. The molecule has 0 atom stereocenters. The van der Waals surface area contributed by atoms with Crippen molar-refractivity contribution in [3.63, 3.8) is 0 Å². The number of thioether (sulfide) groups is 1. The zero-order valence-electron chi connectivity index (χ0n) is 20.2. The molecular weight excluding hydrogens is 496 g/mol. The standard InChI is InChI=1S/C26H26N4O4S2/c1-5-11-27-22-18(24(31)29-12-6-7-16(2)23(29)28-22)15-21-25(32)30(26(35)36-21)13-10-17-8-9-19(33-3)20(14-17)34-4/h5-9,12,14-15,27H,1,10-11,13H2,2-4H3. The quantitative estimate of drug-likeness (QED) is 0.256. The van der Waals surface area contributed by atoms with E-state index in [0.717, 1.165) is 11.1 Å². The lowest BCUT2D eigenvalue weighted by Gasteiger charge is -2.15. The fraction of sp³-hybridized carbons (Fsp3) is 0.231. The van der Waals surface area contributed by atoms with Crippen LogP contribution in [0.25, 0.3) is 11.7 Å². The largest absolute Gasteiger partial charge is 0.493 e. The van der Waals surface area contributed by atoms with Crippen LogP contribution in [0.3, 0.4) is 0 Å². The number of nitrogens with zero attached hydrogens (tertiary/aromatic N) is 3. The first-order chi connectivity index (χ1) is 17.4. The molecule has 0 aliphatic carbocycles. The first kappa shape index (κ1) is 25.5. The minimum absolute atomic E-state index is 0.242. The second-order valence-electron chi connectivity index (χ2n) is 8.01. The van der Waals surface area contributed by atoms with E-state index in [1.165, 1.54) is 16.2 Å². The normalized spacial score (nSPS) is 14.5. The zero-order valence-corrected chi connectivity index (χ0v) is 21.9.